The number of oxazole rings is 1. The van der Waals surface area contributed by atoms with E-state index in [4.69, 9.17) is 14.1 Å². The summed E-state index contributed by atoms with van der Waals surface area (Å²) in [4.78, 5) is 5.00. The Labute approximate surface area is 201 Å². The summed E-state index contributed by atoms with van der Waals surface area (Å²) in [6.45, 7) is 0. The first-order valence-electron chi connectivity index (χ1n) is 11.6. The van der Waals surface area contributed by atoms with Crippen LogP contribution in [0.25, 0.3) is 50.2 Å². The van der Waals surface area contributed by atoms with Crippen LogP contribution in [-0.4, -0.2) is 9.38 Å². The zero-order chi connectivity index (χ0) is 23.2. The largest absolute Gasteiger partial charge is 0.457 e. The van der Waals surface area contributed by atoms with Crippen molar-refractivity contribution in [1.29, 1.82) is 0 Å². The highest BCUT2D eigenvalue weighted by Gasteiger charge is 2.22. The number of ether oxygens (including phenoxy) is 1. The van der Waals surface area contributed by atoms with Crippen molar-refractivity contribution >= 4 is 27.7 Å². The number of rotatable bonds is 4. The molecule has 0 radical (unpaired) electrons. The van der Waals surface area contributed by atoms with Crippen LogP contribution in [0.5, 0.6) is 11.5 Å². The van der Waals surface area contributed by atoms with Gasteiger partial charge < -0.3 is 9.15 Å². The summed E-state index contributed by atoms with van der Waals surface area (Å²) < 4.78 is 14.3. The Morgan fingerprint density at radius 2 is 1.34 bits per heavy atom. The molecule has 5 aromatic carbocycles. The van der Waals surface area contributed by atoms with Crippen LogP contribution in [0.3, 0.4) is 0 Å². The fourth-order valence-electron chi connectivity index (χ4n) is 4.71. The van der Waals surface area contributed by atoms with Gasteiger partial charge in [0.2, 0.25) is 0 Å². The van der Waals surface area contributed by atoms with Crippen molar-refractivity contribution in [2.45, 2.75) is 0 Å². The first-order valence-corrected chi connectivity index (χ1v) is 11.6. The predicted octanol–water partition coefficient (Wildman–Crippen LogP) is 8.36. The highest BCUT2D eigenvalue weighted by Crippen LogP contribution is 2.39. The van der Waals surface area contributed by atoms with Gasteiger partial charge in [0.05, 0.1) is 11.2 Å². The molecule has 0 spiro atoms. The molecule has 0 saturated heterocycles. The molecular formula is C31H20N2O2. The van der Waals surface area contributed by atoms with Crippen molar-refractivity contribution in [2.75, 3.05) is 0 Å². The molecule has 0 saturated carbocycles. The maximum Gasteiger partial charge on any atom is 0.307 e. The molecule has 0 aliphatic heterocycles. The maximum atomic E-state index is 6.16. The lowest BCUT2D eigenvalue weighted by Gasteiger charge is -2.10. The lowest BCUT2D eigenvalue weighted by Crippen LogP contribution is -1.91. The molecule has 0 fully saturated rings. The second-order valence-corrected chi connectivity index (χ2v) is 8.46. The van der Waals surface area contributed by atoms with Crippen LogP contribution in [0, 0.1) is 0 Å². The fraction of sp³-hybridized carbons (Fsp3) is 0. The third kappa shape index (κ3) is 3.27. The van der Waals surface area contributed by atoms with Crippen LogP contribution in [0.1, 0.15) is 0 Å². The van der Waals surface area contributed by atoms with E-state index < -0.39 is 0 Å². The van der Waals surface area contributed by atoms with E-state index in [1.165, 1.54) is 5.39 Å². The maximum absolute atomic E-state index is 6.16. The van der Waals surface area contributed by atoms with Crippen LogP contribution in [0.2, 0.25) is 0 Å². The summed E-state index contributed by atoms with van der Waals surface area (Å²) in [5.74, 6) is 2.17. The molecule has 0 amide bonds. The van der Waals surface area contributed by atoms with Gasteiger partial charge in [0.15, 0.2) is 5.58 Å². The molecule has 0 unspecified atom stereocenters. The standard InChI is InChI=1S/C31H20N2O2/c1-2-11-23(12-3-1)34-24-19-17-22(18-20-24)30-29(26-14-8-10-21-9-4-5-13-25(21)26)32-31-33(30)27-15-6-7-16-28(27)35-31/h1-20H. The van der Waals surface area contributed by atoms with Crippen molar-refractivity contribution in [3.63, 3.8) is 0 Å². The van der Waals surface area contributed by atoms with Gasteiger partial charge in [-0.3, -0.25) is 4.40 Å². The van der Waals surface area contributed by atoms with Gasteiger partial charge in [-0.2, -0.15) is 4.98 Å². The molecule has 0 atom stereocenters. The number of nitrogens with zero attached hydrogens (tertiary/aromatic N) is 2. The number of para-hydroxylation sites is 3. The Morgan fingerprint density at radius 3 is 2.23 bits per heavy atom. The van der Waals surface area contributed by atoms with E-state index in [1.54, 1.807) is 0 Å². The van der Waals surface area contributed by atoms with E-state index in [1.807, 2.05) is 60.7 Å². The fourth-order valence-corrected chi connectivity index (χ4v) is 4.71. The number of hydrogen-bond acceptors (Lipinski definition) is 3. The van der Waals surface area contributed by atoms with Gasteiger partial charge in [-0.15, -0.1) is 0 Å². The van der Waals surface area contributed by atoms with Crippen LogP contribution in [-0.2, 0) is 0 Å². The van der Waals surface area contributed by atoms with Crippen LogP contribution < -0.4 is 4.74 Å². The van der Waals surface area contributed by atoms with E-state index in [0.29, 0.717) is 5.84 Å². The number of aromatic nitrogens is 2. The predicted molar refractivity (Wildman–Crippen MR) is 140 cm³/mol. The highest BCUT2D eigenvalue weighted by molar-refractivity contribution is 6.00. The lowest BCUT2D eigenvalue weighted by atomic mass is 9.99. The summed E-state index contributed by atoms with van der Waals surface area (Å²) in [5, 5.41) is 2.34. The summed E-state index contributed by atoms with van der Waals surface area (Å²) in [7, 11) is 0. The molecule has 35 heavy (non-hydrogen) atoms. The van der Waals surface area contributed by atoms with E-state index >= 15 is 0 Å². The molecule has 2 heterocycles. The number of hydrogen-bond donors (Lipinski definition) is 0. The van der Waals surface area contributed by atoms with E-state index in [0.717, 1.165) is 50.5 Å². The average Bonchev–Trinajstić information content (AvgIpc) is 3.46. The third-order valence-corrected chi connectivity index (χ3v) is 6.31. The molecule has 0 aliphatic carbocycles. The SMILES string of the molecule is c1ccc(Oc2ccc(-c3c(-c4cccc5ccccc45)nc4oc5ccccc5n34)cc2)cc1. The Balaban J connectivity index is 1.45. The first kappa shape index (κ1) is 19.6. The van der Waals surface area contributed by atoms with E-state index in [-0.39, 0.29) is 0 Å². The Morgan fingerprint density at radius 1 is 0.629 bits per heavy atom. The Kier molecular flexibility index (Phi) is 4.42. The molecule has 2 aromatic heterocycles. The second kappa shape index (κ2) is 7.89. The highest BCUT2D eigenvalue weighted by atomic mass is 16.5. The van der Waals surface area contributed by atoms with Crippen molar-refractivity contribution in [3.05, 3.63) is 121 Å². The zero-order valence-corrected chi connectivity index (χ0v) is 18.8. The summed E-state index contributed by atoms with van der Waals surface area (Å²) >= 11 is 0. The van der Waals surface area contributed by atoms with Crippen LogP contribution >= 0.6 is 0 Å². The molecule has 0 N–H and O–H groups in total. The van der Waals surface area contributed by atoms with Gasteiger partial charge in [-0.1, -0.05) is 72.8 Å². The average molecular weight is 453 g/mol. The van der Waals surface area contributed by atoms with Gasteiger partial charge in [0.1, 0.15) is 17.2 Å². The van der Waals surface area contributed by atoms with Crippen molar-refractivity contribution in [2.24, 2.45) is 0 Å². The van der Waals surface area contributed by atoms with Gasteiger partial charge in [0.25, 0.3) is 0 Å². The number of benzene rings is 5. The minimum atomic E-state index is 0.578. The quantitative estimate of drug-likeness (QED) is 0.269. The number of fused-ring (bicyclic) bond motifs is 4. The second-order valence-electron chi connectivity index (χ2n) is 8.46. The lowest BCUT2D eigenvalue weighted by molar-refractivity contribution is 0.483. The third-order valence-electron chi connectivity index (χ3n) is 6.31. The van der Waals surface area contributed by atoms with Gasteiger partial charge in [-0.05, 0) is 59.3 Å². The molecule has 4 heteroatoms. The van der Waals surface area contributed by atoms with E-state index in [2.05, 4.69) is 65.1 Å². The Bertz CT molecular complexity index is 1810. The van der Waals surface area contributed by atoms with Gasteiger partial charge in [0, 0.05) is 11.1 Å². The molecule has 0 bridgehead atoms. The van der Waals surface area contributed by atoms with Gasteiger partial charge in [-0.25, -0.2) is 0 Å². The molecule has 166 valence electrons. The minimum absolute atomic E-state index is 0.578. The molecular weight excluding hydrogens is 432 g/mol. The summed E-state index contributed by atoms with van der Waals surface area (Å²) in [6, 6.07) is 40.7. The zero-order valence-electron chi connectivity index (χ0n) is 18.8. The molecule has 7 aromatic rings. The first-order chi connectivity index (χ1) is 17.3. The van der Waals surface area contributed by atoms with Crippen molar-refractivity contribution < 1.29 is 9.15 Å². The van der Waals surface area contributed by atoms with Crippen LogP contribution in [0.4, 0.5) is 0 Å². The van der Waals surface area contributed by atoms with Crippen molar-refractivity contribution in [3.8, 4) is 34.0 Å². The van der Waals surface area contributed by atoms with Crippen molar-refractivity contribution in [1.82, 2.24) is 9.38 Å². The molecule has 4 nitrogen and oxygen atoms in total. The molecule has 7 rings (SSSR count). The summed E-state index contributed by atoms with van der Waals surface area (Å²) in [6.07, 6.45) is 0. The Hall–Kier alpha value is -4.83. The topological polar surface area (TPSA) is 39.7 Å². The van der Waals surface area contributed by atoms with E-state index in [9.17, 15) is 0 Å². The smallest absolute Gasteiger partial charge is 0.307 e. The van der Waals surface area contributed by atoms with Gasteiger partial charge >= 0.3 is 5.84 Å². The molecule has 0 aliphatic rings. The summed E-state index contributed by atoms with van der Waals surface area (Å²) in [5.41, 5.74) is 5.79. The van der Waals surface area contributed by atoms with Crippen LogP contribution in [0.15, 0.2) is 126 Å². The monoisotopic (exact) mass is 452 g/mol. The number of imidazole rings is 1. The normalized spacial score (nSPS) is 11.4. The minimum Gasteiger partial charge on any atom is -0.457 e.